The number of aromatic nitrogens is 12. The minimum absolute atomic E-state index is 0.00712. The van der Waals surface area contributed by atoms with Gasteiger partial charge in [-0.25, -0.2) is 43.6 Å². The van der Waals surface area contributed by atoms with Gasteiger partial charge >= 0.3 is 23.1 Å². The number of rotatable bonds is 4. The first-order valence-corrected chi connectivity index (χ1v) is 29.9. The van der Waals surface area contributed by atoms with Crippen LogP contribution >= 0.6 is 34.0 Å². The summed E-state index contributed by atoms with van der Waals surface area (Å²) >= 11 is 5.18. The van der Waals surface area contributed by atoms with Crippen molar-refractivity contribution in [3.05, 3.63) is 177 Å². The highest BCUT2D eigenvalue weighted by Crippen LogP contribution is 2.43. The van der Waals surface area contributed by atoms with Crippen molar-refractivity contribution in [2.45, 2.75) is 82.3 Å². The molecule has 14 rings (SSSR count). The van der Waals surface area contributed by atoms with E-state index >= 15 is 0 Å². The van der Waals surface area contributed by atoms with Gasteiger partial charge in [0.1, 0.15) is 11.2 Å². The van der Waals surface area contributed by atoms with E-state index in [-0.39, 0.29) is 17.0 Å². The molecule has 0 amide bonds. The topological polar surface area (TPSA) is 128 Å². The Labute approximate surface area is 505 Å². The minimum atomic E-state index is -4.61. The summed E-state index contributed by atoms with van der Waals surface area (Å²) in [6.07, 6.45) is -4.61. The van der Waals surface area contributed by atoms with Crippen LogP contribution in [0.2, 0.25) is 0 Å². The fraction of sp³-hybridized carbons (Fsp3) is 0.224. The SMILES string of the molecule is Cc1cc(C)c(-c2nc3nc(C(F)(F)F)c(C)nc3[n+](C)c2-c2sc3ccccc3c2C)c(C)c1.Cc1nc2nc3ccccc3nc2[n+](C)c1-c1sc2ccccc2c1C.[2H]C([2H])([2H])c1nc2nc(C)c(-c3sc4ccccc4c3C)[n+](C)c2nc1C. The van der Waals surface area contributed by atoms with Gasteiger partial charge in [-0.15, -0.1) is 34.0 Å². The molecule has 0 aliphatic rings. The Kier molecular flexibility index (Phi) is 13.6. The average molecular weight is 1190 g/mol. The third-order valence-electron chi connectivity index (χ3n) is 15.6. The van der Waals surface area contributed by atoms with Crippen LogP contribution in [0.5, 0.6) is 0 Å². The van der Waals surface area contributed by atoms with Crippen LogP contribution in [-0.4, -0.2) is 44.9 Å². The molecule has 0 bridgehead atoms. The molecular formula is C67H60F3N12S3+3. The highest BCUT2D eigenvalue weighted by Gasteiger charge is 2.39. The second-order valence-electron chi connectivity index (χ2n) is 21.5. The van der Waals surface area contributed by atoms with E-state index in [1.165, 1.54) is 43.1 Å². The summed E-state index contributed by atoms with van der Waals surface area (Å²) in [4.78, 5) is 44.2. The summed E-state index contributed by atoms with van der Waals surface area (Å²) in [6, 6.07) is 37.1. The van der Waals surface area contributed by atoms with E-state index in [0.717, 1.165) is 92.8 Å². The van der Waals surface area contributed by atoms with E-state index in [9.17, 15) is 13.2 Å². The highest BCUT2D eigenvalue weighted by atomic mass is 32.1. The Balaban J connectivity index is 0.000000130. The maximum Gasteiger partial charge on any atom is 0.437 e. The number of para-hydroxylation sites is 2. The second-order valence-corrected chi connectivity index (χ2v) is 24.6. The molecule has 9 aromatic heterocycles. The average Bonchev–Trinajstić information content (AvgIpc) is 1.30. The van der Waals surface area contributed by atoms with Crippen molar-refractivity contribution < 1.29 is 31.0 Å². The molecule has 424 valence electrons. The van der Waals surface area contributed by atoms with E-state index in [0.29, 0.717) is 34.0 Å². The summed E-state index contributed by atoms with van der Waals surface area (Å²) in [5.74, 6) is 0. The number of hydrogen-bond donors (Lipinski definition) is 0. The first kappa shape index (κ1) is 53.0. The van der Waals surface area contributed by atoms with Crippen LogP contribution < -0.4 is 13.7 Å². The number of nitrogens with zero attached hydrogens (tertiary/aromatic N) is 12. The molecule has 18 heteroatoms. The molecule has 9 heterocycles. The van der Waals surface area contributed by atoms with Gasteiger partial charge in [0.25, 0.3) is 0 Å². The lowest BCUT2D eigenvalue weighted by Gasteiger charge is -2.16. The number of aryl methyl sites for hydroxylation is 14. The zero-order chi connectivity index (χ0) is 62.6. The summed E-state index contributed by atoms with van der Waals surface area (Å²) in [6.45, 7) is 17.1. The summed E-state index contributed by atoms with van der Waals surface area (Å²) in [7, 11) is 5.81. The zero-order valence-corrected chi connectivity index (χ0v) is 51.6. The molecule has 0 aliphatic carbocycles. The largest absolute Gasteiger partial charge is 0.437 e. The van der Waals surface area contributed by atoms with Gasteiger partial charge in [-0.3, -0.25) is 0 Å². The van der Waals surface area contributed by atoms with Crippen LogP contribution in [0.4, 0.5) is 13.2 Å². The van der Waals surface area contributed by atoms with Gasteiger partial charge in [0, 0.05) is 37.6 Å². The van der Waals surface area contributed by atoms with Gasteiger partial charge in [0.2, 0.25) is 22.5 Å². The van der Waals surface area contributed by atoms with E-state index in [2.05, 4.69) is 125 Å². The lowest BCUT2D eigenvalue weighted by atomic mass is 9.95. The van der Waals surface area contributed by atoms with Crippen LogP contribution in [0.1, 0.15) is 71.7 Å². The maximum atomic E-state index is 13.7. The number of fused-ring (bicyclic) bond motifs is 7. The van der Waals surface area contributed by atoms with Crippen molar-refractivity contribution in [2.24, 2.45) is 21.1 Å². The zero-order valence-electron chi connectivity index (χ0n) is 52.1. The normalized spacial score (nSPS) is 12.5. The summed E-state index contributed by atoms with van der Waals surface area (Å²) in [5, 5.41) is 3.68. The Morgan fingerprint density at radius 2 is 0.800 bits per heavy atom. The van der Waals surface area contributed by atoms with Crippen molar-refractivity contribution >= 4 is 109 Å². The number of benzene rings is 5. The van der Waals surface area contributed by atoms with Gasteiger partial charge in [-0.1, -0.05) is 84.4 Å². The van der Waals surface area contributed by atoms with Crippen LogP contribution in [0, 0.1) is 76.1 Å². The molecule has 0 spiro atoms. The lowest BCUT2D eigenvalue weighted by Crippen LogP contribution is -2.35. The molecule has 0 aliphatic heterocycles. The highest BCUT2D eigenvalue weighted by molar-refractivity contribution is 7.23. The van der Waals surface area contributed by atoms with Crippen molar-refractivity contribution in [1.82, 2.24) is 44.9 Å². The molecule has 0 unspecified atom stereocenters. The Morgan fingerprint density at radius 3 is 1.27 bits per heavy atom. The van der Waals surface area contributed by atoms with Gasteiger partial charge in [0.05, 0.1) is 52.9 Å². The van der Waals surface area contributed by atoms with Crippen molar-refractivity contribution in [2.75, 3.05) is 0 Å². The van der Waals surface area contributed by atoms with E-state index < -0.39 is 18.7 Å². The molecule has 0 atom stereocenters. The van der Waals surface area contributed by atoms with Gasteiger partial charge in [0.15, 0.2) is 34.2 Å². The Morgan fingerprint density at radius 1 is 0.412 bits per heavy atom. The fourth-order valence-electron chi connectivity index (χ4n) is 11.5. The van der Waals surface area contributed by atoms with Crippen LogP contribution in [0.25, 0.3) is 118 Å². The smallest absolute Gasteiger partial charge is 0.222 e. The summed E-state index contributed by atoms with van der Waals surface area (Å²) in [5.41, 5.74) is 16.6. The van der Waals surface area contributed by atoms with Crippen LogP contribution in [0.3, 0.4) is 0 Å². The first-order valence-electron chi connectivity index (χ1n) is 29.0. The standard InChI is InChI=1S/C27H24F3N4S.C21H17N4S.C19H19N4S/c1-13-11-14(2)20(15(3)12-13)21-22(23-16(4)18-9-7-8-10-19(18)35-23)34(6)26-25(32-21)33-24(17(5)31-26)27(28,29)30;1-12-14-8-4-7-11-17(14)26-19(12)18-13(2)22-20-21(25(18)3)24-16-10-6-5-9-15(16)23-20;1-10-14-8-6-7-9-15(14)24-17(10)16-13(4)21-18-19(23(16)5)22-12(3)11(2)20-18/h7-12H,1-6H3;4-11H,1-3H3;6-9H,1-5H3/q3*+1/i;;2D3. The predicted molar refractivity (Wildman–Crippen MR) is 338 cm³/mol. The number of hydrogen-bond acceptors (Lipinski definition) is 12. The maximum absolute atomic E-state index is 13.7. The van der Waals surface area contributed by atoms with Gasteiger partial charge < -0.3 is 0 Å². The van der Waals surface area contributed by atoms with Crippen LogP contribution in [-0.2, 0) is 27.3 Å². The van der Waals surface area contributed by atoms with Crippen molar-refractivity contribution in [1.29, 1.82) is 0 Å². The van der Waals surface area contributed by atoms with Crippen molar-refractivity contribution in [3.8, 4) is 43.0 Å². The number of halogens is 3. The second kappa shape index (κ2) is 21.7. The Hall–Kier alpha value is -8.71. The monoisotopic (exact) mass is 1190 g/mol. The third kappa shape index (κ3) is 9.98. The van der Waals surface area contributed by atoms with E-state index in [1.807, 2.05) is 111 Å². The van der Waals surface area contributed by atoms with E-state index in [4.69, 9.17) is 24.0 Å². The molecule has 0 fully saturated rings. The molecule has 0 radical (unpaired) electrons. The van der Waals surface area contributed by atoms with Gasteiger partial charge in [-0.05, 0) is 152 Å². The quantitative estimate of drug-likeness (QED) is 0.125. The van der Waals surface area contributed by atoms with Gasteiger partial charge in [-0.2, -0.15) is 13.2 Å². The molecular weight excluding hydrogens is 1130 g/mol. The number of thiophene rings is 3. The fourth-order valence-corrected chi connectivity index (χ4v) is 15.5. The third-order valence-corrected chi connectivity index (χ3v) is 19.4. The molecule has 0 N–H and O–H groups in total. The molecule has 14 aromatic rings. The lowest BCUT2D eigenvalue weighted by molar-refractivity contribution is -0.636. The van der Waals surface area contributed by atoms with Crippen molar-refractivity contribution in [3.63, 3.8) is 0 Å². The number of alkyl halides is 3. The molecule has 0 saturated heterocycles. The van der Waals surface area contributed by atoms with Crippen LogP contribution in [0.15, 0.2) is 109 Å². The predicted octanol–water partition coefficient (Wildman–Crippen LogP) is 15.4. The molecule has 0 saturated carbocycles. The molecule has 5 aromatic carbocycles. The molecule has 12 nitrogen and oxygen atoms in total. The van der Waals surface area contributed by atoms with E-state index in [1.54, 1.807) is 29.6 Å². The first-order chi connectivity index (χ1) is 41.8. The Bertz CT molecular complexity index is 5190. The minimum Gasteiger partial charge on any atom is -0.222 e. The molecule has 85 heavy (non-hydrogen) atoms. The summed E-state index contributed by atoms with van der Waals surface area (Å²) < 4.78 is 73.5.